The van der Waals surface area contributed by atoms with Crippen molar-refractivity contribution in [3.05, 3.63) is 69.9 Å². The molecule has 2 amide bonds. The summed E-state index contributed by atoms with van der Waals surface area (Å²) in [6, 6.07) is 13.5. The Hall–Kier alpha value is -2.25. The molecule has 0 radical (unpaired) electrons. The van der Waals surface area contributed by atoms with E-state index in [0.717, 1.165) is 10.0 Å². The molecule has 0 bridgehead atoms. The van der Waals surface area contributed by atoms with Crippen molar-refractivity contribution in [2.45, 2.75) is 30.7 Å². The van der Waals surface area contributed by atoms with E-state index in [1.165, 1.54) is 11.0 Å². The van der Waals surface area contributed by atoms with Gasteiger partial charge >= 0.3 is 0 Å². The maximum Gasteiger partial charge on any atom is 0.243 e. The summed E-state index contributed by atoms with van der Waals surface area (Å²) in [5.74, 6) is -0.783. The maximum absolute atomic E-state index is 14.5. The number of likely N-dealkylation sites (N-methyl/N-ethyl adjacent to an activating group) is 2. The van der Waals surface area contributed by atoms with E-state index < -0.39 is 11.5 Å². The molecule has 0 spiro atoms. The third kappa shape index (κ3) is 5.52. The molecule has 2 aromatic rings. The van der Waals surface area contributed by atoms with Crippen LogP contribution < -0.4 is 5.32 Å². The van der Waals surface area contributed by atoms with Crippen LogP contribution in [0.4, 0.5) is 4.39 Å². The highest BCUT2D eigenvalue weighted by Gasteiger charge is 2.55. The van der Waals surface area contributed by atoms with Gasteiger partial charge in [-0.15, -0.1) is 0 Å². The van der Waals surface area contributed by atoms with Gasteiger partial charge in [-0.3, -0.25) is 9.59 Å². The lowest BCUT2D eigenvalue weighted by atomic mass is 9.92. The molecular weight excluding hydrogens is 461 g/mol. The Morgan fingerprint density at radius 3 is 2.32 bits per heavy atom. The van der Waals surface area contributed by atoms with E-state index in [2.05, 4.69) is 21.2 Å². The molecule has 0 unspecified atom stereocenters. The monoisotopic (exact) mass is 489 g/mol. The van der Waals surface area contributed by atoms with Gasteiger partial charge in [0, 0.05) is 36.6 Å². The van der Waals surface area contributed by atoms with Crippen molar-refractivity contribution in [3.8, 4) is 0 Å². The van der Waals surface area contributed by atoms with E-state index >= 15 is 0 Å². The average Bonchev–Trinajstić information content (AvgIpc) is 3.54. The number of nitrogens with one attached hydrogen (secondary N) is 1. The number of amides is 2. The molecule has 1 N–H and O–H groups in total. The zero-order valence-corrected chi connectivity index (χ0v) is 19.8. The van der Waals surface area contributed by atoms with Crippen LogP contribution in [0.25, 0.3) is 0 Å². The molecule has 5 nitrogen and oxygen atoms in total. The quantitative estimate of drug-likeness (QED) is 0.587. The minimum absolute atomic E-state index is 0.204. The standard InChI is InChI=1S/C24H29BrFN3O2/c1-28(2)15-14-27-22(30)21(16-17-8-10-18(25)11-9-17)29(3)23(31)24(12-13-24)19-6-4-5-7-20(19)26/h4-11,21H,12-16H2,1-3H3,(H,27,30)/t21-/m0/s1. The molecule has 0 saturated heterocycles. The molecular formula is C24H29BrFN3O2. The Kier molecular flexibility index (Phi) is 7.49. The molecule has 1 atom stereocenters. The molecule has 1 aliphatic carbocycles. The first-order chi connectivity index (χ1) is 14.7. The van der Waals surface area contributed by atoms with E-state index in [9.17, 15) is 14.0 Å². The summed E-state index contributed by atoms with van der Waals surface area (Å²) in [5.41, 5.74) is 0.496. The number of carbonyl (C=O) groups is 2. The first kappa shape index (κ1) is 23.4. The van der Waals surface area contributed by atoms with Gasteiger partial charge in [0.2, 0.25) is 11.8 Å². The second-order valence-electron chi connectivity index (χ2n) is 8.42. The molecule has 0 aromatic heterocycles. The van der Waals surface area contributed by atoms with Crippen LogP contribution in [-0.4, -0.2) is 61.9 Å². The Labute approximate surface area is 191 Å². The predicted octanol–water partition coefficient (Wildman–Crippen LogP) is 3.37. The van der Waals surface area contributed by atoms with Crippen LogP contribution in [0, 0.1) is 5.82 Å². The summed E-state index contributed by atoms with van der Waals surface area (Å²) in [7, 11) is 5.52. The lowest BCUT2D eigenvalue weighted by Crippen LogP contribution is -2.52. The number of halogens is 2. The van der Waals surface area contributed by atoms with Crippen LogP contribution in [0.2, 0.25) is 0 Å². The Bertz CT molecular complexity index is 929. The van der Waals surface area contributed by atoms with E-state index in [-0.39, 0.29) is 17.6 Å². The topological polar surface area (TPSA) is 52.7 Å². The fraction of sp³-hybridized carbons (Fsp3) is 0.417. The van der Waals surface area contributed by atoms with Gasteiger partial charge in [-0.1, -0.05) is 46.3 Å². The number of nitrogens with zero attached hydrogens (tertiary/aromatic N) is 2. The first-order valence-electron chi connectivity index (χ1n) is 10.4. The van der Waals surface area contributed by atoms with Crippen LogP contribution in [0.15, 0.2) is 53.0 Å². The summed E-state index contributed by atoms with van der Waals surface area (Å²) in [4.78, 5) is 30.1. The smallest absolute Gasteiger partial charge is 0.243 e. The first-order valence-corrected chi connectivity index (χ1v) is 11.2. The van der Waals surface area contributed by atoms with Crippen molar-refractivity contribution in [2.24, 2.45) is 0 Å². The van der Waals surface area contributed by atoms with E-state index in [1.807, 2.05) is 43.3 Å². The van der Waals surface area contributed by atoms with Crippen LogP contribution in [-0.2, 0) is 21.4 Å². The minimum atomic E-state index is -0.873. The second kappa shape index (κ2) is 9.92. The fourth-order valence-electron chi connectivity index (χ4n) is 3.82. The summed E-state index contributed by atoms with van der Waals surface area (Å²) in [6.45, 7) is 1.19. The van der Waals surface area contributed by atoms with Crippen LogP contribution in [0.3, 0.4) is 0 Å². The van der Waals surface area contributed by atoms with E-state index in [1.54, 1.807) is 25.2 Å². The number of rotatable bonds is 9. The molecule has 166 valence electrons. The largest absolute Gasteiger partial charge is 0.353 e. The normalized spacial score (nSPS) is 15.4. The highest BCUT2D eigenvalue weighted by molar-refractivity contribution is 9.10. The maximum atomic E-state index is 14.5. The third-order valence-corrected chi connectivity index (χ3v) is 6.37. The summed E-state index contributed by atoms with van der Waals surface area (Å²) < 4.78 is 15.4. The van der Waals surface area contributed by atoms with Crippen molar-refractivity contribution in [3.63, 3.8) is 0 Å². The van der Waals surface area contributed by atoms with Crippen molar-refractivity contribution in [1.82, 2.24) is 15.1 Å². The summed E-state index contributed by atoms with van der Waals surface area (Å²) >= 11 is 3.42. The van der Waals surface area contributed by atoms with E-state index in [0.29, 0.717) is 37.9 Å². The molecule has 0 aliphatic heterocycles. The Balaban J connectivity index is 1.83. The van der Waals surface area contributed by atoms with Crippen LogP contribution >= 0.6 is 15.9 Å². The van der Waals surface area contributed by atoms with Gasteiger partial charge in [-0.2, -0.15) is 0 Å². The van der Waals surface area contributed by atoms with Gasteiger partial charge in [0.25, 0.3) is 0 Å². The molecule has 3 rings (SSSR count). The minimum Gasteiger partial charge on any atom is -0.353 e. The number of hydrogen-bond acceptors (Lipinski definition) is 3. The summed E-state index contributed by atoms with van der Waals surface area (Å²) in [6.07, 6.45) is 1.56. The Morgan fingerprint density at radius 1 is 1.10 bits per heavy atom. The lowest BCUT2D eigenvalue weighted by molar-refractivity contribution is -0.141. The van der Waals surface area contributed by atoms with Crippen molar-refractivity contribution >= 4 is 27.7 Å². The van der Waals surface area contributed by atoms with Gasteiger partial charge in [0.1, 0.15) is 11.9 Å². The third-order valence-electron chi connectivity index (χ3n) is 5.84. The fourth-order valence-corrected chi connectivity index (χ4v) is 4.09. The molecule has 0 heterocycles. The highest BCUT2D eigenvalue weighted by atomic mass is 79.9. The predicted molar refractivity (Wildman–Crippen MR) is 123 cm³/mol. The van der Waals surface area contributed by atoms with Crippen molar-refractivity contribution < 1.29 is 14.0 Å². The summed E-state index contributed by atoms with van der Waals surface area (Å²) in [5, 5.41) is 2.95. The molecule has 7 heteroatoms. The zero-order valence-electron chi connectivity index (χ0n) is 18.2. The molecule has 1 fully saturated rings. The molecule has 2 aromatic carbocycles. The number of hydrogen-bond donors (Lipinski definition) is 1. The Morgan fingerprint density at radius 2 is 1.74 bits per heavy atom. The van der Waals surface area contributed by atoms with E-state index in [4.69, 9.17) is 0 Å². The van der Waals surface area contributed by atoms with Gasteiger partial charge < -0.3 is 15.1 Å². The zero-order chi connectivity index (χ0) is 22.6. The molecule has 1 aliphatic rings. The number of carbonyl (C=O) groups excluding carboxylic acids is 2. The van der Waals surface area contributed by atoms with Crippen LogP contribution in [0.5, 0.6) is 0 Å². The lowest BCUT2D eigenvalue weighted by Gasteiger charge is -2.31. The van der Waals surface area contributed by atoms with Gasteiger partial charge in [-0.05, 0) is 50.7 Å². The SMILES string of the molecule is CN(C)CCNC(=O)[C@H](Cc1ccc(Br)cc1)N(C)C(=O)C1(c2ccccc2F)CC1. The number of benzene rings is 2. The van der Waals surface area contributed by atoms with Gasteiger partial charge in [-0.25, -0.2) is 4.39 Å². The average molecular weight is 490 g/mol. The van der Waals surface area contributed by atoms with Crippen molar-refractivity contribution in [2.75, 3.05) is 34.2 Å². The van der Waals surface area contributed by atoms with Gasteiger partial charge in [0.05, 0.1) is 5.41 Å². The van der Waals surface area contributed by atoms with Crippen LogP contribution in [0.1, 0.15) is 24.0 Å². The highest BCUT2D eigenvalue weighted by Crippen LogP contribution is 2.50. The second-order valence-corrected chi connectivity index (χ2v) is 9.33. The molecule has 31 heavy (non-hydrogen) atoms. The van der Waals surface area contributed by atoms with Crippen molar-refractivity contribution in [1.29, 1.82) is 0 Å². The van der Waals surface area contributed by atoms with Gasteiger partial charge in [0.15, 0.2) is 0 Å². The molecule has 1 saturated carbocycles.